The van der Waals surface area contributed by atoms with Gasteiger partial charge in [0.05, 0.1) is 4.47 Å². The van der Waals surface area contributed by atoms with Crippen molar-refractivity contribution < 1.29 is 4.79 Å². The van der Waals surface area contributed by atoms with Gasteiger partial charge in [-0.3, -0.25) is 4.79 Å². The third kappa shape index (κ3) is 7.95. The molecule has 8 nitrogen and oxygen atoms in total. The predicted octanol–water partition coefficient (Wildman–Crippen LogP) is 4.96. The summed E-state index contributed by atoms with van der Waals surface area (Å²) in [5.74, 6) is 1.24. The molecule has 3 rings (SSSR count). The molecule has 0 saturated carbocycles. The Balaban J connectivity index is 1.58. The minimum absolute atomic E-state index is 0.0152. The fraction of sp³-hybridized carbons (Fsp3) is 0.577. The molecular weight excluding hydrogens is 542 g/mol. The van der Waals surface area contributed by atoms with Gasteiger partial charge in [0.25, 0.3) is 0 Å². The number of anilines is 4. The Morgan fingerprint density at radius 3 is 2.69 bits per heavy atom. The van der Waals surface area contributed by atoms with Crippen LogP contribution in [0.1, 0.15) is 38.7 Å². The first-order valence-corrected chi connectivity index (χ1v) is 14.0. The van der Waals surface area contributed by atoms with E-state index in [4.69, 9.17) is 11.6 Å². The monoisotopic (exact) mass is 579 g/mol. The second kappa shape index (κ2) is 14.0. The van der Waals surface area contributed by atoms with Gasteiger partial charge in [-0.1, -0.05) is 20.3 Å². The first kappa shape index (κ1) is 28.5. The van der Waals surface area contributed by atoms with E-state index in [9.17, 15) is 4.79 Å². The quantitative estimate of drug-likeness (QED) is 0.271. The van der Waals surface area contributed by atoms with E-state index in [2.05, 4.69) is 78.5 Å². The SMILES string of the molecule is CCCC(Cl)C(=O)N(C)CCCNc1nc(Nc2ccc(N3CCN(C)CC3)cc2CC)ncc1Br. The van der Waals surface area contributed by atoms with E-state index in [1.165, 1.54) is 11.3 Å². The summed E-state index contributed by atoms with van der Waals surface area (Å²) in [5.41, 5.74) is 3.52. The summed E-state index contributed by atoms with van der Waals surface area (Å²) in [7, 11) is 3.98. The molecule has 0 bridgehead atoms. The molecule has 1 unspecified atom stereocenters. The number of aromatic nitrogens is 2. The Labute approximate surface area is 228 Å². The number of likely N-dealkylation sites (N-methyl/N-ethyl adjacent to an activating group) is 1. The molecule has 2 heterocycles. The molecule has 1 saturated heterocycles. The van der Waals surface area contributed by atoms with E-state index >= 15 is 0 Å². The van der Waals surface area contributed by atoms with Crippen LogP contribution >= 0.6 is 27.5 Å². The van der Waals surface area contributed by atoms with E-state index in [1.54, 1.807) is 18.1 Å². The predicted molar refractivity (Wildman–Crippen MR) is 154 cm³/mol. The van der Waals surface area contributed by atoms with Gasteiger partial charge in [0, 0.05) is 63.9 Å². The van der Waals surface area contributed by atoms with Crippen LogP contribution < -0.4 is 15.5 Å². The van der Waals surface area contributed by atoms with Gasteiger partial charge < -0.3 is 25.3 Å². The lowest BCUT2D eigenvalue weighted by molar-refractivity contribution is -0.129. The van der Waals surface area contributed by atoms with E-state index in [0.717, 1.165) is 61.4 Å². The maximum atomic E-state index is 12.3. The summed E-state index contributed by atoms with van der Waals surface area (Å²) >= 11 is 9.71. The topological polar surface area (TPSA) is 76.6 Å². The first-order valence-electron chi connectivity index (χ1n) is 12.8. The molecule has 198 valence electrons. The lowest BCUT2D eigenvalue weighted by Gasteiger charge is -2.34. The van der Waals surface area contributed by atoms with Crippen molar-refractivity contribution in [1.82, 2.24) is 19.8 Å². The number of aryl methyl sites for hydroxylation is 1. The normalized spacial score (nSPS) is 15.0. The Bertz CT molecular complexity index is 1000. The molecule has 1 amide bonds. The highest BCUT2D eigenvalue weighted by atomic mass is 79.9. The molecule has 0 radical (unpaired) electrons. The number of piperazine rings is 1. The molecule has 10 heteroatoms. The Hall–Kier alpha value is -2.10. The average Bonchev–Trinajstić information content (AvgIpc) is 2.88. The van der Waals surface area contributed by atoms with Crippen LogP contribution in [0.5, 0.6) is 0 Å². The van der Waals surface area contributed by atoms with Gasteiger partial charge in [-0.15, -0.1) is 11.6 Å². The zero-order valence-corrected chi connectivity index (χ0v) is 24.2. The molecule has 1 fully saturated rings. The number of halogens is 2. The van der Waals surface area contributed by atoms with Crippen LogP contribution in [0, 0.1) is 0 Å². The van der Waals surface area contributed by atoms with Crippen LogP contribution in [0.25, 0.3) is 0 Å². The molecule has 1 aliphatic rings. The summed E-state index contributed by atoms with van der Waals surface area (Å²) in [5, 5.41) is 6.31. The number of hydrogen-bond acceptors (Lipinski definition) is 7. The van der Waals surface area contributed by atoms with Crippen molar-refractivity contribution in [2.75, 3.05) is 68.9 Å². The van der Waals surface area contributed by atoms with Gasteiger partial charge >= 0.3 is 0 Å². The van der Waals surface area contributed by atoms with Crippen LogP contribution in [0.3, 0.4) is 0 Å². The molecule has 2 aromatic rings. The lowest BCUT2D eigenvalue weighted by atomic mass is 10.1. The maximum absolute atomic E-state index is 12.3. The van der Waals surface area contributed by atoms with Crippen LogP contribution in [-0.2, 0) is 11.2 Å². The van der Waals surface area contributed by atoms with E-state index in [1.807, 2.05) is 6.92 Å². The van der Waals surface area contributed by atoms with Crippen LogP contribution in [0.2, 0.25) is 0 Å². The Morgan fingerprint density at radius 1 is 1.25 bits per heavy atom. The Kier molecular flexibility index (Phi) is 11.1. The highest BCUT2D eigenvalue weighted by molar-refractivity contribution is 9.10. The maximum Gasteiger partial charge on any atom is 0.240 e. The van der Waals surface area contributed by atoms with Crippen molar-refractivity contribution in [2.24, 2.45) is 0 Å². The van der Waals surface area contributed by atoms with E-state index < -0.39 is 5.38 Å². The molecule has 1 aromatic carbocycles. The zero-order chi connectivity index (χ0) is 26.1. The number of alkyl halides is 1. The standard InChI is InChI=1S/C26H39BrClN7O/c1-5-8-22(28)25(36)34(4)12-7-11-29-24-21(27)18-30-26(32-24)31-23-10-9-20(17-19(23)6-2)35-15-13-33(3)14-16-35/h9-10,17-18,22H,5-8,11-16H2,1-4H3,(H2,29,30,31,32). The third-order valence-electron chi connectivity index (χ3n) is 6.48. The second-order valence-corrected chi connectivity index (χ2v) is 10.7. The molecule has 1 aromatic heterocycles. The number of carbonyl (C=O) groups is 1. The minimum atomic E-state index is -0.443. The molecule has 0 spiro atoms. The van der Waals surface area contributed by atoms with Crippen molar-refractivity contribution in [3.63, 3.8) is 0 Å². The van der Waals surface area contributed by atoms with Gasteiger partial charge in [0.2, 0.25) is 11.9 Å². The molecule has 1 atom stereocenters. The summed E-state index contributed by atoms with van der Waals surface area (Å²) in [6.07, 6.45) is 5.04. The van der Waals surface area contributed by atoms with Crippen molar-refractivity contribution in [3.8, 4) is 0 Å². The van der Waals surface area contributed by atoms with Crippen LogP contribution in [0.4, 0.5) is 23.1 Å². The largest absolute Gasteiger partial charge is 0.369 e. The summed E-state index contributed by atoms with van der Waals surface area (Å²) < 4.78 is 0.794. The van der Waals surface area contributed by atoms with Gasteiger partial charge in [-0.05, 0) is 66.0 Å². The third-order valence-corrected chi connectivity index (χ3v) is 7.46. The highest BCUT2D eigenvalue weighted by Crippen LogP contribution is 2.28. The number of nitrogens with zero attached hydrogens (tertiary/aromatic N) is 5. The van der Waals surface area contributed by atoms with Crippen molar-refractivity contribution >= 4 is 56.6 Å². The molecular formula is C26H39BrClN7O. The molecule has 0 aliphatic carbocycles. The number of hydrogen-bond donors (Lipinski definition) is 2. The number of carbonyl (C=O) groups excluding carboxylic acids is 1. The highest BCUT2D eigenvalue weighted by Gasteiger charge is 2.18. The fourth-order valence-electron chi connectivity index (χ4n) is 4.18. The first-order chi connectivity index (χ1) is 17.3. The number of rotatable bonds is 12. The summed E-state index contributed by atoms with van der Waals surface area (Å²) in [4.78, 5) is 27.9. The lowest BCUT2D eigenvalue weighted by Crippen LogP contribution is -2.44. The van der Waals surface area contributed by atoms with Gasteiger partial charge in [0.1, 0.15) is 11.2 Å². The summed E-state index contributed by atoms with van der Waals surface area (Å²) in [6.45, 7) is 9.77. The van der Waals surface area contributed by atoms with Crippen LogP contribution in [-0.4, -0.2) is 84.4 Å². The van der Waals surface area contributed by atoms with Crippen molar-refractivity contribution in [1.29, 1.82) is 0 Å². The van der Waals surface area contributed by atoms with Crippen molar-refractivity contribution in [3.05, 3.63) is 34.4 Å². The average molecular weight is 581 g/mol. The minimum Gasteiger partial charge on any atom is -0.369 e. The van der Waals surface area contributed by atoms with Gasteiger partial charge in [-0.2, -0.15) is 4.98 Å². The molecule has 2 N–H and O–H groups in total. The second-order valence-electron chi connectivity index (χ2n) is 9.30. The summed E-state index contributed by atoms with van der Waals surface area (Å²) in [6, 6.07) is 6.57. The van der Waals surface area contributed by atoms with Crippen LogP contribution in [0.15, 0.2) is 28.9 Å². The smallest absolute Gasteiger partial charge is 0.240 e. The van der Waals surface area contributed by atoms with Crippen molar-refractivity contribution in [2.45, 2.75) is 44.9 Å². The molecule has 1 aliphatic heterocycles. The van der Waals surface area contributed by atoms with Gasteiger partial charge in [0.15, 0.2) is 0 Å². The number of nitrogens with one attached hydrogen (secondary N) is 2. The zero-order valence-electron chi connectivity index (χ0n) is 21.9. The fourth-order valence-corrected chi connectivity index (χ4v) is 4.89. The van der Waals surface area contributed by atoms with Gasteiger partial charge in [-0.25, -0.2) is 4.98 Å². The Morgan fingerprint density at radius 2 is 2.00 bits per heavy atom. The van der Waals surface area contributed by atoms with E-state index in [-0.39, 0.29) is 5.91 Å². The van der Waals surface area contributed by atoms with E-state index in [0.29, 0.717) is 25.5 Å². The number of benzene rings is 1. The number of amides is 1. The molecule has 36 heavy (non-hydrogen) atoms.